The molecule has 4 heteroatoms. The Kier molecular flexibility index (Phi) is 3.62. The third-order valence-electron chi connectivity index (χ3n) is 2.79. The first-order chi connectivity index (χ1) is 8.47. The summed E-state index contributed by atoms with van der Waals surface area (Å²) in [5.41, 5.74) is 2.02. The van der Waals surface area contributed by atoms with Gasteiger partial charge in [-0.1, -0.05) is 25.4 Å². The van der Waals surface area contributed by atoms with E-state index in [0.29, 0.717) is 16.7 Å². The standard InChI is InChI=1S/C14H15ClO3/c1-8(2)3-9-6-13-10(5-12(9)15)4-11(7-18-13)14(16)17/h4-6,8H,3,7H2,1-2H3,(H,16,17). The lowest BCUT2D eigenvalue weighted by atomic mass is 9.99. The second-order valence-corrected chi connectivity index (χ2v) is 5.25. The highest BCUT2D eigenvalue weighted by Gasteiger charge is 2.18. The summed E-state index contributed by atoms with van der Waals surface area (Å²) in [4.78, 5) is 10.9. The first kappa shape index (κ1) is 13.0. The molecule has 1 aromatic rings. The molecule has 0 spiro atoms. The second-order valence-electron chi connectivity index (χ2n) is 4.84. The van der Waals surface area contributed by atoms with E-state index >= 15 is 0 Å². The van der Waals surface area contributed by atoms with Crippen molar-refractivity contribution in [3.05, 3.63) is 33.9 Å². The second kappa shape index (κ2) is 5.02. The molecule has 0 fully saturated rings. The normalized spacial score (nSPS) is 13.9. The summed E-state index contributed by atoms with van der Waals surface area (Å²) in [7, 11) is 0. The molecule has 0 saturated carbocycles. The van der Waals surface area contributed by atoms with Crippen LogP contribution in [0.2, 0.25) is 5.02 Å². The summed E-state index contributed by atoms with van der Waals surface area (Å²) in [6.07, 6.45) is 2.50. The molecule has 1 N–H and O–H groups in total. The van der Waals surface area contributed by atoms with Crippen molar-refractivity contribution >= 4 is 23.6 Å². The van der Waals surface area contributed by atoms with Crippen molar-refractivity contribution in [3.8, 4) is 5.75 Å². The molecule has 1 aliphatic heterocycles. The van der Waals surface area contributed by atoms with Crippen molar-refractivity contribution in [2.75, 3.05) is 6.61 Å². The van der Waals surface area contributed by atoms with Gasteiger partial charge in [-0.15, -0.1) is 0 Å². The molecule has 96 valence electrons. The van der Waals surface area contributed by atoms with Crippen molar-refractivity contribution in [1.29, 1.82) is 0 Å². The summed E-state index contributed by atoms with van der Waals surface area (Å²) >= 11 is 6.20. The van der Waals surface area contributed by atoms with E-state index in [1.807, 2.05) is 6.07 Å². The van der Waals surface area contributed by atoms with Crippen molar-refractivity contribution in [2.45, 2.75) is 20.3 Å². The van der Waals surface area contributed by atoms with E-state index in [1.165, 1.54) is 0 Å². The number of ether oxygens (including phenoxy) is 1. The van der Waals surface area contributed by atoms with E-state index < -0.39 is 5.97 Å². The average Bonchev–Trinajstić information content (AvgIpc) is 2.28. The molecule has 0 atom stereocenters. The highest BCUT2D eigenvalue weighted by Crippen LogP contribution is 2.33. The lowest BCUT2D eigenvalue weighted by Gasteiger charge is -2.18. The third kappa shape index (κ3) is 2.67. The zero-order valence-corrected chi connectivity index (χ0v) is 11.1. The lowest BCUT2D eigenvalue weighted by Crippen LogP contribution is -2.14. The van der Waals surface area contributed by atoms with Gasteiger partial charge in [-0.2, -0.15) is 0 Å². The van der Waals surface area contributed by atoms with Gasteiger partial charge in [0.1, 0.15) is 12.4 Å². The van der Waals surface area contributed by atoms with Gasteiger partial charge in [0, 0.05) is 10.6 Å². The van der Waals surface area contributed by atoms with Crippen LogP contribution in [0.4, 0.5) is 0 Å². The maximum atomic E-state index is 10.9. The molecule has 1 aliphatic rings. The van der Waals surface area contributed by atoms with Crippen molar-refractivity contribution in [2.24, 2.45) is 5.92 Å². The van der Waals surface area contributed by atoms with E-state index in [2.05, 4.69) is 13.8 Å². The monoisotopic (exact) mass is 266 g/mol. The van der Waals surface area contributed by atoms with Crippen LogP contribution in [0.25, 0.3) is 6.08 Å². The molecule has 0 bridgehead atoms. The fourth-order valence-corrected chi connectivity index (χ4v) is 2.20. The Morgan fingerprint density at radius 3 is 2.83 bits per heavy atom. The Morgan fingerprint density at radius 2 is 2.22 bits per heavy atom. The molecule has 0 saturated heterocycles. The Bertz CT molecular complexity index is 518. The highest BCUT2D eigenvalue weighted by atomic mass is 35.5. The van der Waals surface area contributed by atoms with Crippen molar-refractivity contribution in [3.63, 3.8) is 0 Å². The zero-order chi connectivity index (χ0) is 13.3. The van der Waals surface area contributed by atoms with Gasteiger partial charge in [-0.25, -0.2) is 4.79 Å². The van der Waals surface area contributed by atoms with Gasteiger partial charge in [0.2, 0.25) is 0 Å². The minimum atomic E-state index is -0.956. The number of hydrogen-bond acceptors (Lipinski definition) is 2. The Balaban J connectivity index is 2.39. The van der Waals surface area contributed by atoms with Crippen molar-refractivity contribution in [1.82, 2.24) is 0 Å². The van der Waals surface area contributed by atoms with Gasteiger partial charge in [0.25, 0.3) is 0 Å². The Morgan fingerprint density at radius 1 is 1.50 bits per heavy atom. The molecular formula is C14H15ClO3. The van der Waals surface area contributed by atoms with Crippen LogP contribution in [0, 0.1) is 5.92 Å². The first-order valence-electron chi connectivity index (χ1n) is 5.86. The number of fused-ring (bicyclic) bond motifs is 1. The average molecular weight is 267 g/mol. The van der Waals surface area contributed by atoms with Gasteiger partial charge in [0.15, 0.2) is 0 Å². The first-order valence-corrected chi connectivity index (χ1v) is 6.24. The summed E-state index contributed by atoms with van der Waals surface area (Å²) in [6, 6.07) is 3.68. The number of carboxylic acids is 1. The number of carbonyl (C=O) groups is 1. The summed E-state index contributed by atoms with van der Waals surface area (Å²) in [6.45, 7) is 4.35. The maximum Gasteiger partial charge on any atom is 0.335 e. The minimum Gasteiger partial charge on any atom is -0.488 e. The van der Waals surface area contributed by atoms with E-state index in [1.54, 1.807) is 12.1 Å². The third-order valence-corrected chi connectivity index (χ3v) is 3.15. The minimum absolute atomic E-state index is 0.102. The van der Waals surface area contributed by atoms with E-state index in [0.717, 1.165) is 17.5 Å². The van der Waals surface area contributed by atoms with E-state index in [9.17, 15) is 4.79 Å². The zero-order valence-electron chi connectivity index (χ0n) is 10.4. The number of halogens is 1. The number of benzene rings is 1. The highest BCUT2D eigenvalue weighted by molar-refractivity contribution is 6.31. The molecule has 0 aliphatic carbocycles. The van der Waals surface area contributed by atoms with Crippen LogP contribution < -0.4 is 4.74 Å². The molecule has 0 aromatic heterocycles. The van der Waals surface area contributed by atoms with Gasteiger partial charge in [-0.05, 0) is 36.1 Å². The molecule has 3 nitrogen and oxygen atoms in total. The van der Waals surface area contributed by atoms with Gasteiger partial charge >= 0.3 is 5.97 Å². The number of aliphatic carboxylic acids is 1. The Hall–Kier alpha value is -1.48. The van der Waals surface area contributed by atoms with Crippen LogP contribution in [-0.2, 0) is 11.2 Å². The van der Waals surface area contributed by atoms with Gasteiger partial charge < -0.3 is 9.84 Å². The van der Waals surface area contributed by atoms with Crippen LogP contribution in [0.5, 0.6) is 5.75 Å². The summed E-state index contributed by atoms with van der Waals surface area (Å²) in [5.74, 6) is 0.261. The predicted octanol–water partition coefficient (Wildman–Crippen LogP) is 3.40. The fraction of sp³-hybridized carbons (Fsp3) is 0.357. The fourth-order valence-electron chi connectivity index (χ4n) is 1.95. The molecule has 1 heterocycles. The Labute approximate surface area is 111 Å². The summed E-state index contributed by atoms with van der Waals surface area (Å²) < 4.78 is 5.47. The predicted molar refractivity (Wildman–Crippen MR) is 71.1 cm³/mol. The topological polar surface area (TPSA) is 46.5 Å². The van der Waals surface area contributed by atoms with Crippen LogP contribution in [-0.4, -0.2) is 17.7 Å². The molecule has 0 amide bonds. The molecule has 18 heavy (non-hydrogen) atoms. The van der Waals surface area contributed by atoms with E-state index in [4.69, 9.17) is 21.4 Å². The molecule has 0 radical (unpaired) electrons. The quantitative estimate of drug-likeness (QED) is 0.912. The number of rotatable bonds is 3. The van der Waals surface area contributed by atoms with Crippen LogP contribution in [0.1, 0.15) is 25.0 Å². The van der Waals surface area contributed by atoms with Gasteiger partial charge in [-0.3, -0.25) is 0 Å². The summed E-state index contributed by atoms with van der Waals surface area (Å²) in [5, 5.41) is 9.59. The smallest absolute Gasteiger partial charge is 0.335 e. The van der Waals surface area contributed by atoms with Crippen molar-refractivity contribution < 1.29 is 14.6 Å². The number of hydrogen-bond donors (Lipinski definition) is 1. The maximum absolute atomic E-state index is 10.9. The largest absolute Gasteiger partial charge is 0.488 e. The van der Waals surface area contributed by atoms with Gasteiger partial charge in [0.05, 0.1) is 5.57 Å². The van der Waals surface area contributed by atoms with Crippen LogP contribution in [0.3, 0.4) is 0 Å². The number of carboxylic acid groups (broad SMARTS) is 1. The molecule has 1 aromatic carbocycles. The molecule has 0 unspecified atom stereocenters. The van der Waals surface area contributed by atoms with E-state index in [-0.39, 0.29) is 12.2 Å². The molecule has 2 rings (SSSR count). The SMILES string of the molecule is CC(C)Cc1cc2c(cc1Cl)C=C(C(=O)O)CO2. The van der Waals surface area contributed by atoms with Crippen LogP contribution >= 0.6 is 11.6 Å². The van der Waals surface area contributed by atoms with Crippen LogP contribution in [0.15, 0.2) is 17.7 Å². The lowest BCUT2D eigenvalue weighted by molar-refractivity contribution is -0.132. The molecular weight excluding hydrogens is 252 g/mol.